The second-order valence-electron chi connectivity index (χ2n) is 5.58. The van der Waals surface area contributed by atoms with Crippen LogP contribution in [0.5, 0.6) is 0 Å². The molecule has 2 aromatic carbocycles. The van der Waals surface area contributed by atoms with Crippen LogP contribution in [-0.4, -0.2) is 36.3 Å². The van der Waals surface area contributed by atoms with Crippen molar-refractivity contribution in [2.45, 2.75) is 13.8 Å². The van der Waals surface area contributed by atoms with Gasteiger partial charge in [-0.2, -0.15) is 0 Å². The fourth-order valence-electron chi connectivity index (χ4n) is 2.42. The number of benzene rings is 2. The maximum absolute atomic E-state index is 12.4. The molecule has 0 radical (unpaired) electrons. The number of halogens is 2. The second-order valence-corrected chi connectivity index (χ2v) is 6.43. The van der Waals surface area contributed by atoms with Crippen molar-refractivity contribution in [2.75, 3.05) is 30.3 Å². The molecule has 0 saturated carbocycles. The number of hydrogen-bond donors (Lipinski definition) is 2. The van der Waals surface area contributed by atoms with E-state index in [9.17, 15) is 9.59 Å². The van der Waals surface area contributed by atoms with Gasteiger partial charge in [-0.15, -0.1) is 0 Å². The normalized spacial score (nSPS) is 10.3. The van der Waals surface area contributed by atoms with Gasteiger partial charge in [0.2, 0.25) is 5.91 Å². The van der Waals surface area contributed by atoms with Crippen LogP contribution in [0.25, 0.3) is 0 Å². The van der Waals surface area contributed by atoms with Gasteiger partial charge in [0, 0.05) is 29.4 Å². The van der Waals surface area contributed by atoms with Crippen molar-refractivity contribution in [1.82, 2.24) is 4.90 Å². The van der Waals surface area contributed by atoms with Crippen LogP contribution in [0.4, 0.5) is 11.4 Å². The fourth-order valence-corrected chi connectivity index (χ4v) is 2.88. The molecule has 7 heteroatoms. The van der Waals surface area contributed by atoms with Gasteiger partial charge >= 0.3 is 0 Å². The molecular weight excluding hydrogens is 373 g/mol. The Kier molecular flexibility index (Phi) is 7.30. The average Bonchev–Trinajstić information content (AvgIpc) is 2.63. The molecule has 0 fully saturated rings. The maximum Gasteiger partial charge on any atom is 0.253 e. The summed E-state index contributed by atoms with van der Waals surface area (Å²) in [6.07, 6.45) is 0. The minimum atomic E-state index is -0.255. The van der Waals surface area contributed by atoms with E-state index >= 15 is 0 Å². The Morgan fingerprint density at radius 2 is 1.77 bits per heavy atom. The van der Waals surface area contributed by atoms with Crippen LogP contribution < -0.4 is 10.6 Å². The number of nitrogens with zero attached hydrogens (tertiary/aromatic N) is 1. The van der Waals surface area contributed by atoms with Crippen LogP contribution in [0.3, 0.4) is 0 Å². The van der Waals surface area contributed by atoms with Gasteiger partial charge in [0.15, 0.2) is 0 Å². The molecule has 2 rings (SSSR count). The van der Waals surface area contributed by atoms with E-state index in [0.717, 1.165) is 0 Å². The average molecular weight is 394 g/mol. The van der Waals surface area contributed by atoms with Gasteiger partial charge in [-0.05, 0) is 50.2 Å². The number of carbonyl (C=O) groups is 2. The van der Waals surface area contributed by atoms with Gasteiger partial charge in [-0.1, -0.05) is 29.3 Å². The summed E-state index contributed by atoms with van der Waals surface area (Å²) in [6, 6.07) is 12.0. The summed E-state index contributed by atoms with van der Waals surface area (Å²) in [7, 11) is 0. The summed E-state index contributed by atoms with van der Waals surface area (Å²) in [5.41, 5.74) is 1.77. The van der Waals surface area contributed by atoms with E-state index in [4.69, 9.17) is 23.2 Å². The van der Waals surface area contributed by atoms with Crippen LogP contribution in [0.1, 0.15) is 24.2 Å². The van der Waals surface area contributed by atoms with E-state index in [1.165, 1.54) is 0 Å². The van der Waals surface area contributed by atoms with Crippen LogP contribution in [0.2, 0.25) is 10.0 Å². The van der Waals surface area contributed by atoms with Crippen LogP contribution in [0.15, 0.2) is 42.5 Å². The molecule has 2 amide bonds. The van der Waals surface area contributed by atoms with Gasteiger partial charge in [0.05, 0.1) is 17.3 Å². The summed E-state index contributed by atoms with van der Waals surface area (Å²) in [6.45, 7) is 5.22. The SMILES string of the molecule is CCN(CC)C(=O)c1cccc(NCC(=O)Nc2ccc(Cl)cc2Cl)c1. The molecule has 0 unspecified atom stereocenters. The van der Waals surface area contributed by atoms with Gasteiger partial charge in [0.1, 0.15) is 0 Å². The number of anilines is 2. The molecule has 26 heavy (non-hydrogen) atoms. The Hall–Kier alpha value is -2.24. The minimum Gasteiger partial charge on any atom is -0.376 e. The predicted octanol–water partition coefficient (Wildman–Crippen LogP) is 4.53. The molecule has 2 aromatic rings. The molecule has 0 saturated heterocycles. The Morgan fingerprint density at radius 3 is 2.42 bits per heavy atom. The fraction of sp³-hybridized carbons (Fsp3) is 0.263. The lowest BCUT2D eigenvalue weighted by Crippen LogP contribution is -2.30. The van der Waals surface area contributed by atoms with Crippen molar-refractivity contribution >= 4 is 46.4 Å². The molecule has 0 aliphatic carbocycles. The molecular formula is C19H21Cl2N3O2. The van der Waals surface area contributed by atoms with E-state index in [1.807, 2.05) is 19.9 Å². The van der Waals surface area contributed by atoms with Crippen molar-refractivity contribution in [1.29, 1.82) is 0 Å². The Bertz CT molecular complexity index is 792. The lowest BCUT2D eigenvalue weighted by molar-refractivity contribution is -0.114. The third-order valence-corrected chi connectivity index (χ3v) is 4.37. The third-order valence-electron chi connectivity index (χ3n) is 3.82. The molecule has 2 N–H and O–H groups in total. The smallest absolute Gasteiger partial charge is 0.253 e. The quantitative estimate of drug-likeness (QED) is 0.726. The van der Waals surface area contributed by atoms with Gasteiger partial charge in [0.25, 0.3) is 5.91 Å². The van der Waals surface area contributed by atoms with Gasteiger partial charge in [-0.25, -0.2) is 0 Å². The molecule has 138 valence electrons. The highest BCUT2D eigenvalue weighted by molar-refractivity contribution is 6.36. The molecule has 0 aliphatic rings. The zero-order valence-electron chi connectivity index (χ0n) is 14.7. The summed E-state index contributed by atoms with van der Waals surface area (Å²) in [4.78, 5) is 26.2. The highest BCUT2D eigenvalue weighted by Crippen LogP contribution is 2.25. The first kappa shape index (κ1) is 20.1. The van der Waals surface area contributed by atoms with E-state index < -0.39 is 0 Å². The lowest BCUT2D eigenvalue weighted by Gasteiger charge is -2.19. The van der Waals surface area contributed by atoms with Crippen molar-refractivity contribution in [3.63, 3.8) is 0 Å². The van der Waals surface area contributed by atoms with E-state index in [0.29, 0.717) is 40.1 Å². The largest absolute Gasteiger partial charge is 0.376 e. The summed E-state index contributed by atoms with van der Waals surface area (Å²) >= 11 is 11.9. The van der Waals surface area contributed by atoms with Crippen LogP contribution in [0, 0.1) is 0 Å². The standard InChI is InChI=1S/C19H21Cl2N3O2/c1-3-24(4-2)19(26)13-6-5-7-15(10-13)22-12-18(25)23-17-9-8-14(20)11-16(17)21/h5-11,22H,3-4,12H2,1-2H3,(H,23,25). The summed E-state index contributed by atoms with van der Waals surface area (Å²) in [5.74, 6) is -0.286. The maximum atomic E-state index is 12.4. The Morgan fingerprint density at radius 1 is 1.04 bits per heavy atom. The second kappa shape index (κ2) is 9.46. The third kappa shape index (κ3) is 5.38. The number of amides is 2. The van der Waals surface area contributed by atoms with Gasteiger partial charge < -0.3 is 15.5 Å². The number of hydrogen-bond acceptors (Lipinski definition) is 3. The first-order chi connectivity index (χ1) is 12.4. The molecule has 0 aliphatic heterocycles. The van der Waals surface area contributed by atoms with E-state index in [2.05, 4.69) is 10.6 Å². The zero-order chi connectivity index (χ0) is 19.1. The van der Waals surface area contributed by atoms with Gasteiger partial charge in [-0.3, -0.25) is 9.59 Å². The highest BCUT2D eigenvalue weighted by Gasteiger charge is 2.13. The molecule has 0 heterocycles. The molecule has 0 bridgehead atoms. The number of nitrogens with one attached hydrogen (secondary N) is 2. The van der Waals surface area contributed by atoms with Crippen molar-refractivity contribution in [3.05, 3.63) is 58.1 Å². The minimum absolute atomic E-state index is 0.0314. The first-order valence-electron chi connectivity index (χ1n) is 8.32. The Labute approximate surface area is 163 Å². The highest BCUT2D eigenvalue weighted by atomic mass is 35.5. The summed E-state index contributed by atoms with van der Waals surface area (Å²) < 4.78 is 0. The van der Waals surface area contributed by atoms with E-state index in [-0.39, 0.29) is 18.4 Å². The summed E-state index contributed by atoms with van der Waals surface area (Å²) in [5, 5.41) is 6.60. The predicted molar refractivity (Wildman–Crippen MR) is 107 cm³/mol. The molecule has 5 nitrogen and oxygen atoms in total. The Balaban J connectivity index is 1.97. The van der Waals surface area contributed by atoms with Crippen LogP contribution in [-0.2, 0) is 4.79 Å². The number of rotatable bonds is 7. The van der Waals surface area contributed by atoms with Crippen molar-refractivity contribution in [2.24, 2.45) is 0 Å². The number of carbonyl (C=O) groups excluding carboxylic acids is 2. The van der Waals surface area contributed by atoms with E-state index in [1.54, 1.807) is 41.3 Å². The topological polar surface area (TPSA) is 61.4 Å². The zero-order valence-corrected chi connectivity index (χ0v) is 16.2. The molecule has 0 aromatic heterocycles. The molecule has 0 atom stereocenters. The van der Waals surface area contributed by atoms with Crippen molar-refractivity contribution in [3.8, 4) is 0 Å². The molecule has 0 spiro atoms. The van der Waals surface area contributed by atoms with Crippen molar-refractivity contribution < 1.29 is 9.59 Å². The van der Waals surface area contributed by atoms with Crippen LogP contribution >= 0.6 is 23.2 Å². The lowest BCUT2D eigenvalue weighted by atomic mass is 10.1. The first-order valence-corrected chi connectivity index (χ1v) is 9.08. The monoisotopic (exact) mass is 393 g/mol.